The Morgan fingerprint density at radius 1 is 1.60 bits per heavy atom. The highest BCUT2D eigenvalue weighted by Gasteiger charge is 2.13. The normalized spacial score (nSPS) is 12.5. The van der Waals surface area contributed by atoms with Gasteiger partial charge in [-0.15, -0.1) is 0 Å². The maximum atomic E-state index is 11.7. The lowest BCUT2D eigenvalue weighted by atomic mass is 10.2. The average molecular weight is 274 g/mol. The molecule has 1 aromatic heterocycles. The van der Waals surface area contributed by atoms with Crippen molar-refractivity contribution in [2.75, 3.05) is 6.54 Å². The fourth-order valence-electron chi connectivity index (χ4n) is 1.26. The molecule has 1 heterocycles. The first-order chi connectivity index (χ1) is 7.19. The molecule has 0 aromatic carbocycles. The summed E-state index contributed by atoms with van der Waals surface area (Å²) in [5.41, 5.74) is 0.647. The molecule has 0 aliphatic rings. The van der Waals surface area contributed by atoms with Gasteiger partial charge in [-0.2, -0.15) is 0 Å². The zero-order valence-corrected chi connectivity index (χ0v) is 10.6. The number of amides is 1. The van der Waals surface area contributed by atoms with E-state index < -0.39 is 0 Å². The van der Waals surface area contributed by atoms with E-state index >= 15 is 0 Å². The molecule has 0 saturated carbocycles. The van der Waals surface area contributed by atoms with Gasteiger partial charge < -0.3 is 9.73 Å². The molecule has 1 N–H and O–H groups in total. The van der Waals surface area contributed by atoms with E-state index in [1.165, 1.54) is 0 Å². The lowest BCUT2D eigenvalue weighted by Gasteiger charge is -2.08. The molecule has 84 valence electrons. The Morgan fingerprint density at radius 3 is 2.93 bits per heavy atom. The van der Waals surface area contributed by atoms with Gasteiger partial charge in [0.25, 0.3) is 5.91 Å². The Hall–Kier alpha value is -0.770. The first kappa shape index (κ1) is 12.3. The van der Waals surface area contributed by atoms with Gasteiger partial charge in [0.05, 0.1) is 11.8 Å². The maximum Gasteiger partial charge on any atom is 0.254 e. The summed E-state index contributed by atoms with van der Waals surface area (Å²) < 4.78 is 5.20. The molecule has 1 aromatic rings. The van der Waals surface area contributed by atoms with Crippen molar-refractivity contribution in [2.24, 2.45) is 0 Å². The highest BCUT2D eigenvalue weighted by Crippen LogP contribution is 2.11. The predicted octanol–water partition coefficient (Wildman–Crippen LogP) is 2.75. The van der Waals surface area contributed by atoms with Gasteiger partial charge in [0.2, 0.25) is 0 Å². The summed E-state index contributed by atoms with van der Waals surface area (Å²) in [7, 11) is 0. The van der Waals surface area contributed by atoms with Crippen LogP contribution in [-0.2, 0) is 6.42 Å². The fraction of sp³-hybridized carbons (Fsp3) is 0.545. The van der Waals surface area contributed by atoms with Crippen molar-refractivity contribution in [1.82, 2.24) is 5.32 Å². The minimum atomic E-state index is -0.0569. The third-order valence-electron chi connectivity index (χ3n) is 2.24. The molecule has 3 nitrogen and oxygen atoms in total. The number of hydrogen-bond donors (Lipinski definition) is 1. The molecule has 0 fully saturated rings. The number of rotatable bonds is 5. The highest BCUT2D eigenvalue weighted by atomic mass is 79.9. The smallest absolute Gasteiger partial charge is 0.254 e. The van der Waals surface area contributed by atoms with Gasteiger partial charge in [-0.05, 0) is 12.5 Å². The van der Waals surface area contributed by atoms with Crippen LogP contribution in [0, 0.1) is 0 Å². The number of carbonyl (C=O) groups is 1. The molecule has 1 atom stereocenters. The molecule has 0 spiro atoms. The molecule has 0 saturated heterocycles. The van der Waals surface area contributed by atoms with Crippen LogP contribution in [0.3, 0.4) is 0 Å². The molecule has 0 bridgehead atoms. The van der Waals surface area contributed by atoms with Crippen LogP contribution in [0.5, 0.6) is 0 Å². The van der Waals surface area contributed by atoms with Gasteiger partial charge in [0, 0.05) is 17.8 Å². The molecular weight excluding hydrogens is 258 g/mol. The van der Waals surface area contributed by atoms with E-state index in [9.17, 15) is 4.79 Å². The van der Waals surface area contributed by atoms with Gasteiger partial charge in [0.15, 0.2) is 0 Å². The molecule has 0 aliphatic carbocycles. The topological polar surface area (TPSA) is 42.2 Å². The Labute approximate surface area is 98.4 Å². The van der Waals surface area contributed by atoms with Crippen LogP contribution >= 0.6 is 15.9 Å². The van der Waals surface area contributed by atoms with Gasteiger partial charge in [-0.25, -0.2) is 0 Å². The zero-order chi connectivity index (χ0) is 11.3. The number of aryl methyl sites for hydroxylation is 1. The quantitative estimate of drug-likeness (QED) is 0.839. The van der Waals surface area contributed by atoms with E-state index in [0.717, 1.165) is 18.6 Å². The summed E-state index contributed by atoms with van der Waals surface area (Å²) in [5.74, 6) is 0.689. The number of halogens is 1. The van der Waals surface area contributed by atoms with Crippen molar-refractivity contribution in [3.63, 3.8) is 0 Å². The summed E-state index contributed by atoms with van der Waals surface area (Å²) in [6, 6.07) is 1.71. The molecule has 1 unspecified atom stereocenters. The van der Waals surface area contributed by atoms with Crippen molar-refractivity contribution in [1.29, 1.82) is 0 Å². The third-order valence-corrected chi connectivity index (χ3v) is 3.21. The highest BCUT2D eigenvalue weighted by molar-refractivity contribution is 9.09. The number of carbonyl (C=O) groups excluding carboxylic acids is 1. The first-order valence-corrected chi connectivity index (χ1v) is 6.09. The zero-order valence-electron chi connectivity index (χ0n) is 9.05. The second-order valence-corrected chi connectivity index (χ2v) is 4.62. The molecule has 0 aliphatic heterocycles. The van der Waals surface area contributed by atoms with E-state index in [0.29, 0.717) is 16.9 Å². The number of hydrogen-bond acceptors (Lipinski definition) is 2. The monoisotopic (exact) mass is 273 g/mol. The van der Waals surface area contributed by atoms with Crippen molar-refractivity contribution in [3.8, 4) is 0 Å². The summed E-state index contributed by atoms with van der Waals surface area (Å²) in [5, 5.41) is 2.86. The molecule has 15 heavy (non-hydrogen) atoms. The van der Waals surface area contributed by atoms with Crippen LogP contribution in [0.2, 0.25) is 0 Å². The minimum Gasteiger partial charge on any atom is -0.469 e. The summed E-state index contributed by atoms with van der Waals surface area (Å²) >= 11 is 3.47. The summed E-state index contributed by atoms with van der Waals surface area (Å²) in [6.45, 7) is 4.68. The van der Waals surface area contributed by atoms with E-state index in [-0.39, 0.29) is 5.91 Å². The van der Waals surface area contributed by atoms with Gasteiger partial charge >= 0.3 is 0 Å². The Bertz CT molecular complexity index is 322. The molecule has 0 radical (unpaired) electrons. The Balaban J connectivity index is 2.54. The summed E-state index contributed by atoms with van der Waals surface area (Å²) in [6.07, 6.45) is 3.28. The van der Waals surface area contributed by atoms with E-state index in [1.807, 2.05) is 6.92 Å². The van der Waals surface area contributed by atoms with Crippen molar-refractivity contribution < 1.29 is 9.21 Å². The SMILES string of the molecule is CCc1occc1C(=O)NCC(Br)CC. The summed E-state index contributed by atoms with van der Waals surface area (Å²) in [4.78, 5) is 12.0. The van der Waals surface area contributed by atoms with Crippen molar-refractivity contribution >= 4 is 21.8 Å². The van der Waals surface area contributed by atoms with Crippen molar-refractivity contribution in [3.05, 3.63) is 23.7 Å². The average Bonchev–Trinajstić information content (AvgIpc) is 2.73. The van der Waals surface area contributed by atoms with E-state index in [1.54, 1.807) is 12.3 Å². The van der Waals surface area contributed by atoms with E-state index in [2.05, 4.69) is 28.2 Å². The maximum absolute atomic E-state index is 11.7. The van der Waals surface area contributed by atoms with Crippen LogP contribution < -0.4 is 5.32 Å². The van der Waals surface area contributed by atoms with Gasteiger partial charge in [-0.1, -0.05) is 29.8 Å². The van der Waals surface area contributed by atoms with Gasteiger partial charge in [0.1, 0.15) is 5.76 Å². The second kappa shape index (κ2) is 5.95. The Kier molecular flexibility index (Phi) is 4.88. The van der Waals surface area contributed by atoms with Crippen LogP contribution in [0.1, 0.15) is 36.4 Å². The predicted molar refractivity (Wildman–Crippen MR) is 63.4 cm³/mol. The minimum absolute atomic E-state index is 0.0569. The number of alkyl halides is 1. The number of furan rings is 1. The first-order valence-electron chi connectivity index (χ1n) is 5.17. The van der Waals surface area contributed by atoms with Gasteiger partial charge in [-0.3, -0.25) is 4.79 Å². The molecular formula is C11H16BrNO2. The van der Waals surface area contributed by atoms with Crippen molar-refractivity contribution in [2.45, 2.75) is 31.5 Å². The van der Waals surface area contributed by atoms with Crippen LogP contribution in [0.25, 0.3) is 0 Å². The molecule has 4 heteroatoms. The van der Waals surface area contributed by atoms with Crippen LogP contribution in [0.15, 0.2) is 16.7 Å². The molecule has 1 amide bonds. The van der Waals surface area contributed by atoms with E-state index in [4.69, 9.17) is 4.42 Å². The van der Waals surface area contributed by atoms with Crippen LogP contribution in [0.4, 0.5) is 0 Å². The third kappa shape index (κ3) is 3.38. The number of nitrogens with one attached hydrogen (secondary N) is 1. The second-order valence-electron chi connectivity index (χ2n) is 3.33. The van der Waals surface area contributed by atoms with Crippen LogP contribution in [-0.4, -0.2) is 17.3 Å². The lowest BCUT2D eigenvalue weighted by Crippen LogP contribution is -2.29. The lowest BCUT2D eigenvalue weighted by molar-refractivity contribution is 0.0952. The Morgan fingerprint density at radius 2 is 2.33 bits per heavy atom. The largest absolute Gasteiger partial charge is 0.469 e. The standard InChI is InChI=1S/C11H16BrNO2/c1-3-8(12)7-13-11(14)9-5-6-15-10(9)4-2/h5-6,8H,3-4,7H2,1-2H3,(H,13,14). The fourth-order valence-corrected chi connectivity index (χ4v) is 1.42. The molecule has 1 rings (SSSR count).